The lowest BCUT2D eigenvalue weighted by molar-refractivity contribution is 0.222. The summed E-state index contributed by atoms with van der Waals surface area (Å²) in [6.45, 7) is 1.34. The summed E-state index contributed by atoms with van der Waals surface area (Å²) in [7, 11) is 0. The molecule has 1 unspecified atom stereocenters. The van der Waals surface area contributed by atoms with Gasteiger partial charge in [-0.1, -0.05) is 6.08 Å². The molecule has 5 heteroatoms. The molecule has 5 nitrogen and oxygen atoms in total. The average molecular weight is 191 g/mol. The molecule has 2 aliphatic rings. The van der Waals surface area contributed by atoms with Crippen LogP contribution in [-0.4, -0.2) is 35.0 Å². The van der Waals surface area contributed by atoms with Crippen LogP contribution in [0.3, 0.4) is 0 Å². The van der Waals surface area contributed by atoms with Gasteiger partial charge in [0.15, 0.2) is 0 Å². The van der Waals surface area contributed by atoms with Crippen molar-refractivity contribution < 1.29 is 9.21 Å². The molecule has 3 rings (SSSR count). The Morgan fingerprint density at radius 2 is 2.57 bits per heavy atom. The summed E-state index contributed by atoms with van der Waals surface area (Å²) in [5.74, 6) is 0.608. The molecule has 2 aliphatic heterocycles. The van der Waals surface area contributed by atoms with Gasteiger partial charge in [0.05, 0.1) is 18.8 Å². The normalized spacial score (nSPS) is 24.9. The number of carbonyl (C=O) groups is 1. The third-order valence-corrected chi connectivity index (χ3v) is 2.48. The zero-order valence-electron chi connectivity index (χ0n) is 7.43. The predicted octanol–water partition coefficient (Wildman–Crippen LogP) is 0.465. The second-order valence-corrected chi connectivity index (χ2v) is 3.47. The van der Waals surface area contributed by atoms with Crippen molar-refractivity contribution >= 4 is 11.6 Å². The Balaban J connectivity index is 1.94. The van der Waals surface area contributed by atoms with Crippen LogP contribution in [0.5, 0.6) is 0 Å². The number of hydrogen-bond donors (Lipinski definition) is 1. The van der Waals surface area contributed by atoms with Crippen molar-refractivity contribution in [2.45, 2.75) is 6.04 Å². The molecule has 1 aromatic heterocycles. The van der Waals surface area contributed by atoms with E-state index in [1.807, 2.05) is 6.08 Å². The van der Waals surface area contributed by atoms with Crippen LogP contribution in [0.15, 0.2) is 23.0 Å². The largest absolute Gasteiger partial charge is 0.445 e. The Bertz CT molecular complexity index is 396. The highest BCUT2D eigenvalue weighted by Gasteiger charge is 2.33. The molecule has 14 heavy (non-hydrogen) atoms. The van der Waals surface area contributed by atoms with E-state index in [4.69, 9.17) is 4.42 Å². The second-order valence-electron chi connectivity index (χ2n) is 3.47. The zero-order chi connectivity index (χ0) is 9.54. The number of rotatable bonds is 1. The van der Waals surface area contributed by atoms with Gasteiger partial charge in [-0.2, -0.15) is 0 Å². The fourth-order valence-corrected chi connectivity index (χ4v) is 1.87. The molecule has 0 spiro atoms. The molecular formula is C9H9N3O2. The summed E-state index contributed by atoms with van der Waals surface area (Å²) in [4.78, 5) is 17.1. The molecule has 72 valence electrons. The van der Waals surface area contributed by atoms with Crippen LogP contribution in [0.25, 0.3) is 5.57 Å². The first kappa shape index (κ1) is 7.61. The number of fused-ring (bicyclic) bond motifs is 2. The van der Waals surface area contributed by atoms with Crippen LogP contribution in [0.4, 0.5) is 4.79 Å². The van der Waals surface area contributed by atoms with Crippen LogP contribution in [-0.2, 0) is 0 Å². The van der Waals surface area contributed by atoms with Gasteiger partial charge in [0.2, 0.25) is 5.89 Å². The van der Waals surface area contributed by atoms with Crippen LogP contribution in [0.1, 0.15) is 5.89 Å². The van der Waals surface area contributed by atoms with Crippen LogP contribution in [0, 0.1) is 0 Å². The third-order valence-electron chi connectivity index (χ3n) is 2.48. The van der Waals surface area contributed by atoms with Crippen molar-refractivity contribution in [3.63, 3.8) is 0 Å². The molecule has 3 heterocycles. The third kappa shape index (κ3) is 1.02. The number of amides is 2. The van der Waals surface area contributed by atoms with E-state index in [0.29, 0.717) is 12.4 Å². The number of urea groups is 1. The second kappa shape index (κ2) is 2.60. The maximum Gasteiger partial charge on any atom is 0.318 e. The summed E-state index contributed by atoms with van der Waals surface area (Å²) < 4.78 is 5.19. The minimum Gasteiger partial charge on any atom is -0.445 e. The lowest BCUT2D eigenvalue weighted by Gasteiger charge is -2.19. The molecule has 0 radical (unpaired) electrons. The fourth-order valence-electron chi connectivity index (χ4n) is 1.87. The lowest BCUT2D eigenvalue weighted by atomic mass is 10.1. The summed E-state index contributed by atoms with van der Waals surface area (Å²) in [5.41, 5.74) is 0.976. The first-order valence-corrected chi connectivity index (χ1v) is 4.49. The highest BCUT2D eigenvalue weighted by molar-refractivity contribution is 5.82. The van der Waals surface area contributed by atoms with Crippen LogP contribution >= 0.6 is 0 Å². The topological polar surface area (TPSA) is 58.4 Å². The molecule has 1 atom stereocenters. The van der Waals surface area contributed by atoms with Crippen molar-refractivity contribution in [3.8, 4) is 0 Å². The Labute approximate surface area is 80.4 Å². The summed E-state index contributed by atoms with van der Waals surface area (Å²) in [5, 5.41) is 2.85. The smallest absolute Gasteiger partial charge is 0.318 e. The number of oxazole rings is 1. The van der Waals surface area contributed by atoms with E-state index in [9.17, 15) is 4.79 Å². The lowest BCUT2D eigenvalue weighted by Crippen LogP contribution is -2.30. The molecule has 2 amide bonds. The van der Waals surface area contributed by atoms with Crippen LogP contribution in [0.2, 0.25) is 0 Å². The van der Waals surface area contributed by atoms with Gasteiger partial charge >= 0.3 is 6.03 Å². The van der Waals surface area contributed by atoms with Crippen molar-refractivity contribution in [2.24, 2.45) is 0 Å². The van der Waals surface area contributed by atoms with Gasteiger partial charge in [-0.25, -0.2) is 9.78 Å². The van der Waals surface area contributed by atoms with E-state index < -0.39 is 0 Å². The quantitative estimate of drug-likeness (QED) is 0.701. The van der Waals surface area contributed by atoms with Gasteiger partial charge in [-0.05, 0) is 0 Å². The maximum atomic E-state index is 11.3. The monoisotopic (exact) mass is 191 g/mol. The predicted molar refractivity (Wildman–Crippen MR) is 48.4 cm³/mol. The number of carbonyl (C=O) groups excluding carboxylic acids is 1. The number of hydrogen-bond acceptors (Lipinski definition) is 3. The summed E-state index contributed by atoms with van der Waals surface area (Å²) >= 11 is 0. The molecule has 0 aliphatic carbocycles. The zero-order valence-corrected chi connectivity index (χ0v) is 7.43. The van der Waals surface area contributed by atoms with Gasteiger partial charge in [-0.15, -0.1) is 0 Å². The molecule has 2 bridgehead atoms. The fraction of sp³-hybridized carbons (Fsp3) is 0.333. The van der Waals surface area contributed by atoms with E-state index in [1.54, 1.807) is 11.1 Å². The van der Waals surface area contributed by atoms with Crippen molar-refractivity contribution in [2.75, 3.05) is 13.1 Å². The Kier molecular flexibility index (Phi) is 1.41. The minimum atomic E-state index is -0.00666. The van der Waals surface area contributed by atoms with Gasteiger partial charge in [0, 0.05) is 12.1 Å². The first-order chi connectivity index (χ1) is 6.83. The van der Waals surface area contributed by atoms with Gasteiger partial charge < -0.3 is 14.6 Å². The molecule has 1 fully saturated rings. The van der Waals surface area contributed by atoms with Gasteiger partial charge in [0.25, 0.3) is 0 Å². The average Bonchev–Trinajstić information content (AvgIpc) is 2.76. The van der Waals surface area contributed by atoms with E-state index in [2.05, 4.69) is 10.3 Å². The van der Waals surface area contributed by atoms with Gasteiger partial charge in [-0.3, -0.25) is 0 Å². The maximum absolute atomic E-state index is 11.3. The molecule has 0 aromatic carbocycles. The molecular weight excluding hydrogens is 182 g/mol. The minimum absolute atomic E-state index is 0.00666. The van der Waals surface area contributed by atoms with Crippen molar-refractivity contribution in [3.05, 3.63) is 24.4 Å². The summed E-state index contributed by atoms with van der Waals surface area (Å²) in [6, 6.07) is 0.103. The standard InChI is InChI=1S/C9H9N3O2/c13-9-11-7-3-6(4-12(9)5-7)8-10-1-2-14-8/h1-3,7H,4-5H2,(H,11,13). The molecule has 0 saturated carbocycles. The molecule has 1 saturated heterocycles. The van der Waals surface area contributed by atoms with Crippen molar-refractivity contribution in [1.82, 2.24) is 15.2 Å². The number of aromatic nitrogens is 1. The van der Waals surface area contributed by atoms with E-state index in [-0.39, 0.29) is 12.1 Å². The molecule has 1 N–H and O–H groups in total. The van der Waals surface area contributed by atoms with Crippen molar-refractivity contribution in [1.29, 1.82) is 0 Å². The highest BCUT2D eigenvalue weighted by Crippen LogP contribution is 2.22. The van der Waals surface area contributed by atoms with Gasteiger partial charge in [0.1, 0.15) is 6.26 Å². The highest BCUT2D eigenvalue weighted by atomic mass is 16.3. The SMILES string of the molecule is O=C1NC2C=C(c3ncco3)CN1C2. The molecule has 1 aromatic rings. The van der Waals surface area contributed by atoms with E-state index in [1.165, 1.54) is 6.26 Å². The Morgan fingerprint density at radius 1 is 1.64 bits per heavy atom. The first-order valence-electron chi connectivity index (χ1n) is 4.49. The number of nitrogens with zero attached hydrogens (tertiary/aromatic N) is 2. The Morgan fingerprint density at radius 3 is 3.29 bits per heavy atom. The number of nitrogens with one attached hydrogen (secondary N) is 1. The van der Waals surface area contributed by atoms with Crippen LogP contribution < -0.4 is 5.32 Å². The summed E-state index contributed by atoms with van der Waals surface area (Å²) in [6.07, 6.45) is 5.15. The van der Waals surface area contributed by atoms with E-state index in [0.717, 1.165) is 12.1 Å². The Hall–Kier alpha value is -1.78. The van der Waals surface area contributed by atoms with E-state index >= 15 is 0 Å².